The third kappa shape index (κ3) is 3.78. The van der Waals surface area contributed by atoms with Crippen molar-refractivity contribution in [3.63, 3.8) is 0 Å². The number of rotatable bonds is 5. The predicted octanol–water partition coefficient (Wildman–Crippen LogP) is 1.24. The first-order valence-corrected chi connectivity index (χ1v) is 8.39. The minimum Gasteiger partial charge on any atom is -0.476 e. The maximum Gasteiger partial charge on any atom is 0.358 e. The minimum absolute atomic E-state index is 0.118. The fraction of sp³-hybridized carbons (Fsp3) is 0.375. The molecule has 138 valence electrons. The summed E-state index contributed by atoms with van der Waals surface area (Å²) in [6.07, 6.45) is 1.85. The Balaban J connectivity index is 1.68. The van der Waals surface area contributed by atoms with Gasteiger partial charge in [-0.25, -0.2) is 9.48 Å². The van der Waals surface area contributed by atoms with Crippen molar-refractivity contribution >= 4 is 34.9 Å². The van der Waals surface area contributed by atoms with Crippen molar-refractivity contribution in [1.82, 2.24) is 20.3 Å². The van der Waals surface area contributed by atoms with Crippen LogP contribution in [0, 0.1) is 0 Å². The number of benzene rings is 1. The predicted molar refractivity (Wildman–Crippen MR) is 96.8 cm³/mol. The number of nitrogens with zero attached hydrogens (tertiary/aromatic N) is 4. The van der Waals surface area contributed by atoms with Gasteiger partial charge in [0.15, 0.2) is 5.69 Å². The Morgan fingerprint density at radius 1 is 1.42 bits per heavy atom. The van der Waals surface area contributed by atoms with E-state index >= 15 is 0 Å². The number of aromatic carboxylic acids is 1. The maximum atomic E-state index is 12.6. The summed E-state index contributed by atoms with van der Waals surface area (Å²) >= 11 is 6.04. The van der Waals surface area contributed by atoms with Crippen molar-refractivity contribution in [1.29, 1.82) is 0 Å². The van der Waals surface area contributed by atoms with Crippen molar-refractivity contribution in [3.8, 4) is 0 Å². The number of nitrogens with one attached hydrogen (secondary N) is 2. The number of halogens is 1. The van der Waals surface area contributed by atoms with Crippen LogP contribution in [0.1, 0.15) is 23.0 Å². The van der Waals surface area contributed by atoms with Crippen LogP contribution in [0.25, 0.3) is 0 Å². The molecule has 3 rings (SSSR count). The lowest BCUT2D eigenvalue weighted by Gasteiger charge is -2.19. The molecular weight excluding hydrogens is 360 g/mol. The van der Waals surface area contributed by atoms with E-state index in [-0.39, 0.29) is 17.6 Å². The zero-order valence-electron chi connectivity index (χ0n) is 14.3. The van der Waals surface area contributed by atoms with E-state index in [0.29, 0.717) is 23.7 Å². The van der Waals surface area contributed by atoms with E-state index in [4.69, 9.17) is 16.7 Å². The van der Waals surface area contributed by atoms with Gasteiger partial charge in [0.25, 0.3) is 0 Å². The average Bonchev–Trinajstić information content (AvgIpc) is 3.24. The molecule has 0 unspecified atom stereocenters. The van der Waals surface area contributed by atoms with Gasteiger partial charge < -0.3 is 20.6 Å². The third-order valence-corrected chi connectivity index (χ3v) is 4.46. The van der Waals surface area contributed by atoms with E-state index in [0.717, 1.165) is 5.69 Å². The highest BCUT2D eigenvalue weighted by Gasteiger charge is 2.32. The first-order chi connectivity index (χ1) is 12.3. The molecule has 9 nitrogen and oxygen atoms in total. The van der Waals surface area contributed by atoms with Gasteiger partial charge in [0.2, 0.25) is 5.91 Å². The van der Waals surface area contributed by atoms with E-state index in [1.807, 2.05) is 25.1 Å². The van der Waals surface area contributed by atoms with Gasteiger partial charge in [0, 0.05) is 25.7 Å². The Morgan fingerprint density at radius 2 is 2.19 bits per heavy atom. The molecule has 1 aromatic heterocycles. The Bertz CT molecular complexity index is 837. The van der Waals surface area contributed by atoms with Crippen LogP contribution in [-0.2, 0) is 4.79 Å². The van der Waals surface area contributed by atoms with Crippen LogP contribution in [0.5, 0.6) is 0 Å². The summed E-state index contributed by atoms with van der Waals surface area (Å²) in [7, 11) is 3.76. The highest BCUT2D eigenvalue weighted by molar-refractivity contribution is 6.31. The lowest BCUT2D eigenvalue weighted by atomic mass is 10.1. The van der Waals surface area contributed by atoms with E-state index < -0.39 is 12.0 Å². The van der Waals surface area contributed by atoms with Gasteiger partial charge in [-0.2, -0.15) is 0 Å². The fourth-order valence-corrected chi connectivity index (χ4v) is 3.06. The third-order valence-electron chi connectivity index (χ3n) is 4.23. The van der Waals surface area contributed by atoms with E-state index in [1.165, 1.54) is 10.9 Å². The second kappa shape index (κ2) is 7.30. The molecule has 2 heterocycles. The number of carbonyl (C=O) groups is 2. The normalized spacial score (nSPS) is 19.3. The SMILES string of the molecule is CN(C)c1ccc(Cl)cc1NC(=O)[C@@H]1C[C@H](n2cc(C(=O)O)nn2)CN1. The van der Waals surface area contributed by atoms with E-state index in [9.17, 15) is 9.59 Å². The molecule has 3 N–H and O–H groups in total. The summed E-state index contributed by atoms with van der Waals surface area (Å²) in [5, 5.41) is 22.9. The molecule has 1 aliphatic rings. The number of aromatic nitrogens is 3. The van der Waals surface area contributed by atoms with Crippen LogP contribution in [0.2, 0.25) is 5.02 Å². The number of anilines is 2. The van der Waals surface area contributed by atoms with Crippen LogP contribution in [0.4, 0.5) is 11.4 Å². The monoisotopic (exact) mass is 378 g/mol. The molecule has 1 fully saturated rings. The van der Waals surface area contributed by atoms with Crippen molar-refractivity contribution in [3.05, 3.63) is 35.1 Å². The first-order valence-electron chi connectivity index (χ1n) is 8.01. The van der Waals surface area contributed by atoms with Crippen LogP contribution < -0.4 is 15.5 Å². The fourth-order valence-electron chi connectivity index (χ4n) is 2.89. The Labute approximate surface area is 154 Å². The molecule has 2 atom stereocenters. The average molecular weight is 379 g/mol. The molecule has 1 aliphatic heterocycles. The highest BCUT2D eigenvalue weighted by Crippen LogP contribution is 2.29. The molecule has 1 amide bonds. The van der Waals surface area contributed by atoms with E-state index in [1.54, 1.807) is 12.1 Å². The van der Waals surface area contributed by atoms with Gasteiger partial charge in [-0.3, -0.25) is 4.79 Å². The zero-order valence-corrected chi connectivity index (χ0v) is 15.1. The number of hydrogen-bond acceptors (Lipinski definition) is 6. The number of carbonyl (C=O) groups excluding carboxylic acids is 1. The first kappa shape index (κ1) is 18.2. The van der Waals surface area contributed by atoms with Crippen LogP contribution in [0.15, 0.2) is 24.4 Å². The summed E-state index contributed by atoms with van der Waals surface area (Å²) in [6, 6.07) is 4.75. The molecule has 10 heteroatoms. The quantitative estimate of drug-likeness (QED) is 0.717. The summed E-state index contributed by atoms with van der Waals surface area (Å²) in [5.74, 6) is -1.31. The Kier molecular flexibility index (Phi) is 5.10. The topological polar surface area (TPSA) is 112 Å². The van der Waals surface area contributed by atoms with Crippen molar-refractivity contribution in [2.75, 3.05) is 30.9 Å². The van der Waals surface area contributed by atoms with Gasteiger partial charge in [0.05, 0.1) is 29.7 Å². The second-order valence-electron chi connectivity index (χ2n) is 6.28. The molecule has 2 aromatic rings. The molecule has 0 spiro atoms. The molecule has 1 aromatic carbocycles. The van der Waals surface area contributed by atoms with E-state index in [2.05, 4.69) is 20.9 Å². The number of carboxylic acid groups (broad SMARTS) is 1. The lowest BCUT2D eigenvalue weighted by Crippen LogP contribution is -2.35. The molecule has 1 saturated heterocycles. The summed E-state index contributed by atoms with van der Waals surface area (Å²) in [4.78, 5) is 25.4. The number of carboxylic acids is 1. The van der Waals surface area contributed by atoms with Gasteiger partial charge in [0.1, 0.15) is 0 Å². The van der Waals surface area contributed by atoms with Crippen LogP contribution in [-0.4, -0.2) is 58.7 Å². The van der Waals surface area contributed by atoms with Crippen molar-refractivity contribution in [2.24, 2.45) is 0 Å². The zero-order chi connectivity index (χ0) is 18.8. The molecule has 0 saturated carbocycles. The standard InChI is InChI=1S/C16H19ClN6O3/c1-22(2)14-4-3-9(17)5-11(14)19-15(24)12-6-10(7-18-12)23-8-13(16(25)26)20-21-23/h3-5,8,10,12,18H,6-7H2,1-2H3,(H,19,24)(H,25,26)/t10-,12-/m0/s1. The number of amides is 1. The lowest BCUT2D eigenvalue weighted by molar-refractivity contribution is -0.117. The highest BCUT2D eigenvalue weighted by atomic mass is 35.5. The Hall–Kier alpha value is -2.65. The second-order valence-corrected chi connectivity index (χ2v) is 6.72. The van der Waals surface area contributed by atoms with Gasteiger partial charge in [-0.15, -0.1) is 5.10 Å². The molecular formula is C16H19ClN6O3. The van der Waals surface area contributed by atoms with Crippen molar-refractivity contribution < 1.29 is 14.7 Å². The summed E-state index contributed by atoms with van der Waals surface area (Å²) < 4.78 is 1.48. The van der Waals surface area contributed by atoms with Crippen LogP contribution in [0.3, 0.4) is 0 Å². The molecule has 0 aliphatic carbocycles. The minimum atomic E-state index is -1.13. The number of hydrogen-bond donors (Lipinski definition) is 3. The van der Waals surface area contributed by atoms with Crippen LogP contribution >= 0.6 is 11.6 Å². The summed E-state index contributed by atoms with van der Waals surface area (Å²) in [5.41, 5.74) is 1.36. The van der Waals surface area contributed by atoms with Gasteiger partial charge in [-0.05, 0) is 24.6 Å². The molecule has 0 bridgehead atoms. The maximum absolute atomic E-state index is 12.6. The van der Waals surface area contributed by atoms with Crippen molar-refractivity contribution in [2.45, 2.75) is 18.5 Å². The van der Waals surface area contributed by atoms with Gasteiger partial charge in [-0.1, -0.05) is 16.8 Å². The summed E-state index contributed by atoms with van der Waals surface area (Å²) in [6.45, 7) is 0.497. The van der Waals surface area contributed by atoms with Gasteiger partial charge >= 0.3 is 5.97 Å². The largest absolute Gasteiger partial charge is 0.476 e. The smallest absolute Gasteiger partial charge is 0.358 e. The Morgan fingerprint density at radius 3 is 2.85 bits per heavy atom. The molecule has 0 radical (unpaired) electrons. The molecule has 26 heavy (non-hydrogen) atoms.